The number of nitrogens with zero attached hydrogens (tertiary/aromatic N) is 3. The summed E-state index contributed by atoms with van der Waals surface area (Å²) in [7, 11) is 0. The summed E-state index contributed by atoms with van der Waals surface area (Å²) in [5, 5.41) is 12.2. The van der Waals surface area contributed by atoms with Gasteiger partial charge in [-0.2, -0.15) is 36.4 Å². The highest BCUT2D eigenvalue weighted by atomic mass is 19.4. The first kappa shape index (κ1) is 19.4. The zero-order valence-electron chi connectivity index (χ0n) is 13.8. The largest absolute Gasteiger partial charge is 0.418 e. The van der Waals surface area contributed by atoms with Crippen LogP contribution in [0.15, 0.2) is 54.7 Å². The molecule has 28 heavy (non-hydrogen) atoms. The van der Waals surface area contributed by atoms with Crippen molar-refractivity contribution in [1.29, 1.82) is 0 Å². The summed E-state index contributed by atoms with van der Waals surface area (Å²) in [6.45, 7) is 0. The van der Waals surface area contributed by atoms with Crippen LogP contribution in [-0.2, 0) is 12.4 Å². The van der Waals surface area contributed by atoms with Gasteiger partial charge < -0.3 is 10.6 Å². The molecule has 0 spiro atoms. The van der Waals surface area contributed by atoms with E-state index >= 15 is 0 Å². The second-order valence-electron chi connectivity index (χ2n) is 5.54. The third kappa shape index (κ3) is 4.67. The van der Waals surface area contributed by atoms with Crippen LogP contribution >= 0.6 is 0 Å². The molecule has 0 radical (unpaired) electrons. The highest BCUT2D eigenvalue weighted by Crippen LogP contribution is 2.35. The molecule has 0 aliphatic heterocycles. The number of para-hydroxylation sites is 1. The maximum absolute atomic E-state index is 13.1. The minimum Gasteiger partial charge on any atom is -0.339 e. The first-order valence-corrected chi connectivity index (χ1v) is 7.70. The Morgan fingerprint density at radius 2 is 1.54 bits per heavy atom. The molecule has 0 unspecified atom stereocenters. The van der Waals surface area contributed by atoms with E-state index in [9.17, 15) is 26.3 Å². The van der Waals surface area contributed by atoms with E-state index in [2.05, 4.69) is 25.8 Å². The molecule has 3 rings (SSSR count). The number of hydrogen-bond acceptors (Lipinski definition) is 5. The van der Waals surface area contributed by atoms with E-state index in [1.54, 1.807) is 0 Å². The average Bonchev–Trinajstić information content (AvgIpc) is 2.61. The molecule has 2 N–H and O–H groups in total. The van der Waals surface area contributed by atoms with Crippen LogP contribution in [-0.4, -0.2) is 15.2 Å². The van der Waals surface area contributed by atoms with Crippen LogP contribution in [0.4, 0.5) is 49.5 Å². The van der Waals surface area contributed by atoms with Crippen molar-refractivity contribution >= 4 is 23.1 Å². The maximum atomic E-state index is 13.1. The van der Waals surface area contributed by atoms with Crippen molar-refractivity contribution in [1.82, 2.24) is 15.2 Å². The summed E-state index contributed by atoms with van der Waals surface area (Å²) in [6.07, 6.45) is -7.98. The van der Waals surface area contributed by atoms with Crippen LogP contribution in [0.2, 0.25) is 0 Å². The fourth-order valence-corrected chi connectivity index (χ4v) is 2.30. The zero-order valence-corrected chi connectivity index (χ0v) is 13.8. The molecular weight excluding hydrogens is 388 g/mol. The van der Waals surface area contributed by atoms with E-state index in [1.807, 2.05) is 0 Å². The van der Waals surface area contributed by atoms with Gasteiger partial charge in [0.25, 0.3) is 0 Å². The van der Waals surface area contributed by atoms with Gasteiger partial charge in [0.1, 0.15) is 0 Å². The summed E-state index contributed by atoms with van der Waals surface area (Å²) in [4.78, 5) is 3.93. The normalized spacial score (nSPS) is 11.9. The van der Waals surface area contributed by atoms with Gasteiger partial charge in [-0.3, -0.25) is 0 Å². The predicted octanol–water partition coefficient (Wildman–Crippen LogP) is 5.40. The number of aromatic nitrogens is 3. The molecule has 0 aliphatic rings. The molecule has 0 saturated carbocycles. The predicted molar refractivity (Wildman–Crippen MR) is 89.3 cm³/mol. The SMILES string of the molecule is FC(F)(F)c1cccc(Nc2cnnc(Nc3ccccc3C(F)(F)F)n2)c1. The number of anilines is 4. The Balaban J connectivity index is 1.83. The lowest BCUT2D eigenvalue weighted by atomic mass is 10.1. The molecule has 146 valence electrons. The third-order valence-electron chi connectivity index (χ3n) is 3.50. The highest BCUT2D eigenvalue weighted by molar-refractivity contribution is 5.62. The molecule has 1 heterocycles. The Hall–Kier alpha value is -3.37. The lowest BCUT2D eigenvalue weighted by Crippen LogP contribution is -2.10. The van der Waals surface area contributed by atoms with Gasteiger partial charge in [-0.15, -0.1) is 5.10 Å². The maximum Gasteiger partial charge on any atom is 0.418 e. The minimum absolute atomic E-state index is 0.00122. The summed E-state index contributed by atoms with van der Waals surface area (Å²) in [6, 6.07) is 9.08. The van der Waals surface area contributed by atoms with Gasteiger partial charge >= 0.3 is 12.4 Å². The summed E-state index contributed by atoms with van der Waals surface area (Å²) < 4.78 is 77.5. The first-order valence-electron chi connectivity index (χ1n) is 7.70. The molecule has 11 heteroatoms. The van der Waals surface area contributed by atoms with Gasteiger partial charge in [-0.05, 0) is 30.3 Å². The second kappa shape index (κ2) is 7.33. The Kier molecular flexibility index (Phi) is 5.08. The molecule has 0 amide bonds. The van der Waals surface area contributed by atoms with Crippen LogP contribution in [0.5, 0.6) is 0 Å². The summed E-state index contributed by atoms with van der Waals surface area (Å²) >= 11 is 0. The van der Waals surface area contributed by atoms with Gasteiger partial charge in [0, 0.05) is 5.69 Å². The smallest absolute Gasteiger partial charge is 0.339 e. The van der Waals surface area contributed by atoms with E-state index < -0.39 is 23.5 Å². The van der Waals surface area contributed by atoms with E-state index in [4.69, 9.17) is 0 Å². The third-order valence-corrected chi connectivity index (χ3v) is 3.50. The minimum atomic E-state index is -4.59. The number of nitrogens with one attached hydrogen (secondary N) is 2. The lowest BCUT2D eigenvalue weighted by Gasteiger charge is -2.14. The zero-order chi connectivity index (χ0) is 20.4. The van der Waals surface area contributed by atoms with E-state index in [1.165, 1.54) is 30.3 Å². The number of alkyl halides is 6. The molecule has 2 aromatic carbocycles. The Morgan fingerprint density at radius 1 is 0.786 bits per heavy atom. The summed E-state index contributed by atoms with van der Waals surface area (Å²) in [5.74, 6) is -0.255. The molecule has 0 bridgehead atoms. The van der Waals surface area contributed by atoms with Gasteiger partial charge in [-0.1, -0.05) is 18.2 Å². The van der Waals surface area contributed by atoms with Crippen molar-refractivity contribution in [2.75, 3.05) is 10.6 Å². The lowest BCUT2D eigenvalue weighted by molar-refractivity contribution is -0.138. The monoisotopic (exact) mass is 399 g/mol. The van der Waals surface area contributed by atoms with Gasteiger partial charge in [0.2, 0.25) is 5.95 Å². The molecule has 5 nitrogen and oxygen atoms in total. The molecule has 0 atom stereocenters. The van der Waals surface area contributed by atoms with Gasteiger partial charge in [0.15, 0.2) is 5.82 Å². The number of hydrogen-bond donors (Lipinski definition) is 2. The van der Waals surface area contributed by atoms with Gasteiger partial charge in [-0.25, -0.2) is 0 Å². The fourth-order valence-electron chi connectivity index (χ4n) is 2.30. The quantitative estimate of drug-likeness (QED) is 0.576. The van der Waals surface area contributed by atoms with Crippen LogP contribution in [0.3, 0.4) is 0 Å². The molecule has 0 aliphatic carbocycles. The van der Waals surface area contributed by atoms with Crippen molar-refractivity contribution in [3.05, 3.63) is 65.9 Å². The van der Waals surface area contributed by atoms with Crippen LogP contribution in [0.25, 0.3) is 0 Å². The van der Waals surface area contributed by atoms with Crippen LogP contribution < -0.4 is 10.6 Å². The van der Waals surface area contributed by atoms with Crippen molar-refractivity contribution in [2.24, 2.45) is 0 Å². The Morgan fingerprint density at radius 3 is 2.25 bits per heavy atom. The van der Waals surface area contributed by atoms with Crippen molar-refractivity contribution in [3.8, 4) is 0 Å². The topological polar surface area (TPSA) is 62.7 Å². The number of halogens is 6. The Bertz CT molecular complexity index is 970. The van der Waals surface area contributed by atoms with Crippen molar-refractivity contribution < 1.29 is 26.3 Å². The van der Waals surface area contributed by atoms with Crippen molar-refractivity contribution in [2.45, 2.75) is 12.4 Å². The molecule has 1 aromatic heterocycles. The van der Waals surface area contributed by atoms with Crippen LogP contribution in [0.1, 0.15) is 11.1 Å². The van der Waals surface area contributed by atoms with Crippen molar-refractivity contribution in [3.63, 3.8) is 0 Å². The number of benzene rings is 2. The van der Waals surface area contributed by atoms with E-state index in [-0.39, 0.29) is 23.1 Å². The van der Waals surface area contributed by atoms with Crippen LogP contribution in [0, 0.1) is 0 Å². The average molecular weight is 399 g/mol. The number of rotatable bonds is 4. The highest BCUT2D eigenvalue weighted by Gasteiger charge is 2.33. The molecule has 0 saturated heterocycles. The first-order chi connectivity index (χ1) is 13.1. The van der Waals surface area contributed by atoms with E-state index in [0.717, 1.165) is 24.4 Å². The molecule has 3 aromatic rings. The van der Waals surface area contributed by atoms with E-state index in [0.29, 0.717) is 0 Å². The van der Waals surface area contributed by atoms with Gasteiger partial charge in [0.05, 0.1) is 23.0 Å². The Labute approximate surface area is 154 Å². The molecule has 0 fully saturated rings. The fraction of sp³-hybridized carbons (Fsp3) is 0.118. The second-order valence-corrected chi connectivity index (χ2v) is 5.54. The summed E-state index contributed by atoms with van der Waals surface area (Å²) in [5.41, 5.74) is -1.99. The molecular formula is C17H11F6N5. The standard InChI is InChI=1S/C17H11F6N5/c18-16(19,20)10-4-3-5-11(8-10)25-14-9-24-28-15(27-14)26-13-7-2-1-6-12(13)17(21,22)23/h1-9H,(H2,25,26,27,28).